The van der Waals surface area contributed by atoms with Crippen molar-refractivity contribution >= 4 is 50.8 Å². The van der Waals surface area contributed by atoms with Crippen molar-refractivity contribution in [2.24, 2.45) is 0 Å². The van der Waals surface area contributed by atoms with Crippen molar-refractivity contribution in [3.05, 3.63) is 68.9 Å². The maximum Gasteiger partial charge on any atom is 0.0706 e. The summed E-state index contributed by atoms with van der Waals surface area (Å²) >= 11 is 8.45. The molecule has 3 rings (SSSR count). The van der Waals surface area contributed by atoms with Crippen LogP contribution in [0, 0.1) is 3.57 Å². The van der Waals surface area contributed by atoms with E-state index in [0.29, 0.717) is 6.54 Å². The van der Waals surface area contributed by atoms with Crippen molar-refractivity contribution in [2.45, 2.75) is 6.54 Å². The van der Waals surface area contributed by atoms with Crippen LogP contribution in [0.15, 0.2) is 54.6 Å². The predicted octanol–water partition coefficient (Wildman–Crippen LogP) is 5.10. The Balaban J connectivity index is 1.79. The molecule has 0 amide bonds. The van der Waals surface area contributed by atoms with Crippen LogP contribution in [0.2, 0.25) is 5.02 Å². The van der Waals surface area contributed by atoms with Gasteiger partial charge in [-0.15, -0.1) is 0 Å². The monoisotopic (exact) mass is 394 g/mol. The number of rotatable bonds is 3. The first kappa shape index (κ1) is 13.6. The Morgan fingerprint density at radius 3 is 2.75 bits per heavy atom. The zero-order valence-electron chi connectivity index (χ0n) is 10.6. The molecular formula is C16H12ClIN2. The first-order chi connectivity index (χ1) is 9.72. The number of halogens is 2. The van der Waals surface area contributed by atoms with Crippen molar-refractivity contribution in [1.29, 1.82) is 0 Å². The molecule has 0 unspecified atom stereocenters. The van der Waals surface area contributed by atoms with Crippen molar-refractivity contribution in [1.82, 2.24) is 4.98 Å². The molecule has 1 aromatic heterocycles. The Bertz CT molecular complexity index is 758. The predicted molar refractivity (Wildman–Crippen MR) is 93.2 cm³/mol. The fourth-order valence-corrected chi connectivity index (χ4v) is 2.95. The molecule has 2 nitrogen and oxygen atoms in total. The molecule has 1 heterocycles. The largest absolute Gasteiger partial charge is 0.378 e. The fraction of sp³-hybridized carbons (Fsp3) is 0.0625. The van der Waals surface area contributed by atoms with Gasteiger partial charge in [0.15, 0.2) is 0 Å². The summed E-state index contributed by atoms with van der Waals surface area (Å²) in [4.78, 5) is 4.63. The summed E-state index contributed by atoms with van der Waals surface area (Å²) in [5.74, 6) is 0. The van der Waals surface area contributed by atoms with E-state index in [9.17, 15) is 0 Å². The van der Waals surface area contributed by atoms with Gasteiger partial charge in [-0.1, -0.05) is 35.9 Å². The van der Waals surface area contributed by atoms with Crippen LogP contribution in [0.5, 0.6) is 0 Å². The summed E-state index contributed by atoms with van der Waals surface area (Å²) in [6, 6.07) is 18.2. The van der Waals surface area contributed by atoms with Crippen LogP contribution in [0.25, 0.3) is 10.9 Å². The van der Waals surface area contributed by atoms with Gasteiger partial charge in [0.25, 0.3) is 0 Å². The third-order valence-corrected chi connectivity index (χ3v) is 4.03. The van der Waals surface area contributed by atoms with E-state index in [1.165, 1.54) is 0 Å². The van der Waals surface area contributed by atoms with Gasteiger partial charge < -0.3 is 5.32 Å². The second-order valence-electron chi connectivity index (χ2n) is 4.47. The summed E-state index contributed by atoms with van der Waals surface area (Å²) in [6.45, 7) is 0.658. The lowest BCUT2D eigenvalue weighted by Crippen LogP contribution is -2.02. The van der Waals surface area contributed by atoms with E-state index in [4.69, 9.17) is 11.6 Å². The van der Waals surface area contributed by atoms with Crippen LogP contribution in [0.4, 0.5) is 5.69 Å². The van der Waals surface area contributed by atoms with Gasteiger partial charge >= 0.3 is 0 Å². The maximum absolute atomic E-state index is 6.20. The number of fused-ring (bicyclic) bond motifs is 1. The molecule has 0 fully saturated rings. The quantitative estimate of drug-likeness (QED) is 0.625. The summed E-state index contributed by atoms with van der Waals surface area (Å²) in [5.41, 5.74) is 2.95. The maximum atomic E-state index is 6.20. The molecule has 100 valence electrons. The van der Waals surface area contributed by atoms with Gasteiger partial charge in [0.05, 0.1) is 28.5 Å². The lowest BCUT2D eigenvalue weighted by atomic mass is 10.2. The molecule has 2 aromatic carbocycles. The Labute approximate surface area is 136 Å². The third-order valence-electron chi connectivity index (χ3n) is 3.05. The molecule has 0 saturated heterocycles. The highest BCUT2D eigenvalue weighted by atomic mass is 127. The van der Waals surface area contributed by atoms with Gasteiger partial charge in [-0.3, -0.25) is 4.98 Å². The van der Waals surface area contributed by atoms with Crippen molar-refractivity contribution < 1.29 is 0 Å². The molecule has 20 heavy (non-hydrogen) atoms. The normalized spacial score (nSPS) is 10.7. The van der Waals surface area contributed by atoms with Crippen LogP contribution in [-0.2, 0) is 6.54 Å². The number of benzene rings is 2. The highest BCUT2D eigenvalue weighted by molar-refractivity contribution is 14.1. The van der Waals surface area contributed by atoms with Crippen LogP contribution in [0.1, 0.15) is 5.69 Å². The molecule has 0 atom stereocenters. The molecular weight excluding hydrogens is 383 g/mol. The standard InChI is InChI=1S/C16H12ClIN2/c17-14-9-12(18)6-8-16(14)19-10-13-7-5-11-3-1-2-4-15(11)20-13/h1-9,19H,10H2. The third kappa shape index (κ3) is 3.04. The van der Waals surface area contributed by atoms with E-state index in [1.54, 1.807) is 0 Å². The molecule has 0 aliphatic heterocycles. The Morgan fingerprint density at radius 2 is 1.90 bits per heavy atom. The molecule has 1 N–H and O–H groups in total. The molecule has 0 bridgehead atoms. The Hall–Kier alpha value is -1.33. The molecule has 0 aliphatic carbocycles. The first-order valence-corrected chi connectivity index (χ1v) is 7.72. The minimum atomic E-state index is 0.658. The minimum absolute atomic E-state index is 0.658. The number of pyridine rings is 1. The highest BCUT2D eigenvalue weighted by Crippen LogP contribution is 2.24. The Kier molecular flexibility index (Phi) is 4.08. The molecule has 4 heteroatoms. The second-order valence-corrected chi connectivity index (χ2v) is 6.13. The number of para-hydroxylation sites is 1. The zero-order chi connectivity index (χ0) is 13.9. The first-order valence-electron chi connectivity index (χ1n) is 6.26. The lowest BCUT2D eigenvalue weighted by molar-refractivity contribution is 1.07. The average molecular weight is 395 g/mol. The number of nitrogens with zero attached hydrogens (tertiary/aromatic N) is 1. The highest BCUT2D eigenvalue weighted by Gasteiger charge is 2.02. The smallest absolute Gasteiger partial charge is 0.0706 e. The van der Waals surface area contributed by atoms with Crippen LogP contribution >= 0.6 is 34.2 Å². The van der Waals surface area contributed by atoms with E-state index in [1.807, 2.05) is 42.5 Å². The molecule has 0 radical (unpaired) electrons. The van der Waals surface area contributed by atoms with Crippen LogP contribution < -0.4 is 5.32 Å². The summed E-state index contributed by atoms with van der Waals surface area (Å²) in [6.07, 6.45) is 0. The van der Waals surface area contributed by atoms with E-state index in [2.05, 4.69) is 45.0 Å². The molecule has 0 spiro atoms. The minimum Gasteiger partial charge on any atom is -0.378 e. The van der Waals surface area contributed by atoms with Gasteiger partial charge in [-0.05, 0) is 52.9 Å². The van der Waals surface area contributed by atoms with Gasteiger partial charge in [0.1, 0.15) is 0 Å². The number of anilines is 1. The SMILES string of the molecule is Clc1cc(I)ccc1NCc1ccc2ccccc2n1. The molecule has 3 aromatic rings. The van der Waals surface area contributed by atoms with Crippen LogP contribution in [-0.4, -0.2) is 4.98 Å². The molecule has 0 saturated carbocycles. The van der Waals surface area contributed by atoms with Gasteiger partial charge in [0.2, 0.25) is 0 Å². The second kappa shape index (κ2) is 5.97. The number of nitrogens with one attached hydrogen (secondary N) is 1. The number of hydrogen-bond donors (Lipinski definition) is 1. The molecule has 0 aliphatic rings. The fourth-order valence-electron chi connectivity index (χ4n) is 2.03. The zero-order valence-corrected chi connectivity index (χ0v) is 13.5. The van der Waals surface area contributed by atoms with Gasteiger partial charge in [-0.2, -0.15) is 0 Å². The Morgan fingerprint density at radius 1 is 1.05 bits per heavy atom. The van der Waals surface area contributed by atoms with Crippen LogP contribution in [0.3, 0.4) is 0 Å². The van der Waals surface area contributed by atoms with Gasteiger partial charge in [-0.25, -0.2) is 0 Å². The van der Waals surface area contributed by atoms with E-state index >= 15 is 0 Å². The summed E-state index contributed by atoms with van der Waals surface area (Å²) in [7, 11) is 0. The summed E-state index contributed by atoms with van der Waals surface area (Å²) in [5, 5.41) is 5.21. The van der Waals surface area contributed by atoms with E-state index in [-0.39, 0.29) is 0 Å². The van der Waals surface area contributed by atoms with E-state index < -0.39 is 0 Å². The van der Waals surface area contributed by atoms with Gasteiger partial charge in [0, 0.05) is 8.96 Å². The lowest BCUT2D eigenvalue weighted by Gasteiger charge is -2.09. The number of aromatic nitrogens is 1. The average Bonchev–Trinajstić information content (AvgIpc) is 2.46. The van der Waals surface area contributed by atoms with Crippen molar-refractivity contribution in [3.63, 3.8) is 0 Å². The summed E-state index contributed by atoms with van der Waals surface area (Å²) < 4.78 is 1.13. The topological polar surface area (TPSA) is 24.9 Å². The van der Waals surface area contributed by atoms with Crippen molar-refractivity contribution in [2.75, 3.05) is 5.32 Å². The number of hydrogen-bond acceptors (Lipinski definition) is 2. The van der Waals surface area contributed by atoms with Crippen molar-refractivity contribution in [3.8, 4) is 0 Å². The van der Waals surface area contributed by atoms with E-state index in [0.717, 1.165) is 30.9 Å².